The Hall–Kier alpha value is -0.330. The molecule has 76 valence electrons. The second kappa shape index (κ2) is 5.41. The zero-order valence-corrected chi connectivity index (χ0v) is 9.01. The predicted molar refractivity (Wildman–Crippen MR) is 55.7 cm³/mol. The Morgan fingerprint density at radius 1 is 1.23 bits per heavy atom. The van der Waals surface area contributed by atoms with Gasteiger partial charge in [0, 0.05) is 12.3 Å². The van der Waals surface area contributed by atoms with Gasteiger partial charge in [0.2, 0.25) is 0 Å². The molecular weight excluding hydrogens is 160 g/mol. The monoisotopic (exact) mass is 182 g/mol. The second-order valence-corrected chi connectivity index (χ2v) is 4.45. The van der Waals surface area contributed by atoms with Gasteiger partial charge in [0.1, 0.15) is 5.78 Å². The van der Waals surface area contributed by atoms with Crippen LogP contribution in [0.25, 0.3) is 0 Å². The molecule has 0 saturated heterocycles. The van der Waals surface area contributed by atoms with Gasteiger partial charge in [-0.3, -0.25) is 4.79 Å². The molecule has 0 N–H and O–H groups in total. The summed E-state index contributed by atoms with van der Waals surface area (Å²) in [6.07, 6.45) is 8.31. The van der Waals surface area contributed by atoms with Crippen molar-refractivity contribution in [2.45, 2.75) is 58.8 Å². The topological polar surface area (TPSA) is 17.1 Å². The zero-order chi connectivity index (χ0) is 9.68. The molecule has 1 rings (SSSR count). The van der Waals surface area contributed by atoms with E-state index in [2.05, 4.69) is 13.8 Å². The van der Waals surface area contributed by atoms with Crippen LogP contribution in [-0.4, -0.2) is 5.78 Å². The van der Waals surface area contributed by atoms with E-state index in [0.717, 1.165) is 19.3 Å². The Balaban J connectivity index is 1.91. The summed E-state index contributed by atoms with van der Waals surface area (Å²) >= 11 is 0. The van der Waals surface area contributed by atoms with Gasteiger partial charge in [-0.2, -0.15) is 0 Å². The molecule has 0 aromatic heterocycles. The standard InChI is InChI=1S/C12H22O/c1-3-4-5-6-7-8-12(13)11-9-10(11)2/h10-11H,3-9H2,1-2H3. The van der Waals surface area contributed by atoms with Crippen LogP contribution in [0.2, 0.25) is 0 Å². The Bertz CT molecular complexity index is 163. The molecule has 0 heterocycles. The molecule has 1 heteroatoms. The minimum atomic E-state index is 0.450. The van der Waals surface area contributed by atoms with Crippen molar-refractivity contribution < 1.29 is 4.79 Å². The molecule has 0 bridgehead atoms. The summed E-state index contributed by atoms with van der Waals surface area (Å²) in [6, 6.07) is 0. The summed E-state index contributed by atoms with van der Waals surface area (Å²) in [6.45, 7) is 4.40. The van der Waals surface area contributed by atoms with Gasteiger partial charge in [0.25, 0.3) is 0 Å². The highest BCUT2D eigenvalue weighted by Gasteiger charge is 2.37. The number of Topliss-reactive ketones (excluding diaryl/α,β-unsaturated/α-hetero) is 1. The molecule has 1 fully saturated rings. The van der Waals surface area contributed by atoms with Crippen molar-refractivity contribution >= 4 is 5.78 Å². The SMILES string of the molecule is CCCCCCCC(=O)C1CC1C. The molecule has 0 aromatic carbocycles. The number of ketones is 1. The average molecular weight is 182 g/mol. The first kappa shape index (κ1) is 10.7. The summed E-state index contributed by atoms with van der Waals surface area (Å²) < 4.78 is 0. The van der Waals surface area contributed by atoms with Crippen molar-refractivity contribution in [1.82, 2.24) is 0 Å². The molecule has 2 unspecified atom stereocenters. The summed E-state index contributed by atoms with van der Waals surface area (Å²) in [4.78, 5) is 11.4. The highest BCUT2D eigenvalue weighted by molar-refractivity contribution is 5.83. The molecule has 1 nitrogen and oxygen atoms in total. The molecule has 0 aromatic rings. The van der Waals surface area contributed by atoms with Gasteiger partial charge in [0.15, 0.2) is 0 Å². The first-order valence-electron chi connectivity index (χ1n) is 5.78. The van der Waals surface area contributed by atoms with Gasteiger partial charge in [-0.15, -0.1) is 0 Å². The van der Waals surface area contributed by atoms with Crippen LogP contribution < -0.4 is 0 Å². The van der Waals surface area contributed by atoms with Crippen molar-refractivity contribution in [2.24, 2.45) is 11.8 Å². The molecule has 1 aliphatic carbocycles. The Labute approximate surface area is 81.9 Å². The maximum atomic E-state index is 11.4. The molecule has 0 radical (unpaired) electrons. The highest BCUT2D eigenvalue weighted by atomic mass is 16.1. The molecule has 0 amide bonds. The molecule has 0 spiro atoms. The van der Waals surface area contributed by atoms with Crippen LogP contribution in [0.15, 0.2) is 0 Å². The fourth-order valence-corrected chi connectivity index (χ4v) is 1.86. The van der Waals surface area contributed by atoms with Crippen LogP contribution in [0.3, 0.4) is 0 Å². The van der Waals surface area contributed by atoms with E-state index in [1.165, 1.54) is 25.7 Å². The van der Waals surface area contributed by atoms with Gasteiger partial charge < -0.3 is 0 Å². The normalized spacial score (nSPS) is 26.0. The number of hydrogen-bond donors (Lipinski definition) is 0. The molecule has 0 aliphatic heterocycles. The number of unbranched alkanes of at least 4 members (excludes halogenated alkanes) is 4. The number of carbonyl (C=O) groups excluding carboxylic acids is 1. The second-order valence-electron chi connectivity index (χ2n) is 4.45. The zero-order valence-electron chi connectivity index (χ0n) is 9.01. The fraction of sp³-hybridized carbons (Fsp3) is 0.917. The Morgan fingerprint density at radius 3 is 2.38 bits per heavy atom. The minimum Gasteiger partial charge on any atom is -0.299 e. The maximum absolute atomic E-state index is 11.4. The Kier molecular flexibility index (Phi) is 4.47. The average Bonchev–Trinajstić information content (AvgIpc) is 2.82. The predicted octanol–water partition coefficient (Wildman–Crippen LogP) is 3.57. The van der Waals surface area contributed by atoms with Crippen LogP contribution in [0.4, 0.5) is 0 Å². The van der Waals surface area contributed by atoms with Crippen molar-refractivity contribution in [3.05, 3.63) is 0 Å². The Morgan fingerprint density at radius 2 is 1.85 bits per heavy atom. The van der Waals surface area contributed by atoms with Gasteiger partial charge in [-0.25, -0.2) is 0 Å². The van der Waals surface area contributed by atoms with E-state index < -0.39 is 0 Å². The lowest BCUT2D eigenvalue weighted by Crippen LogP contribution is -2.01. The van der Waals surface area contributed by atoms with E-state index in [9.17, 15) is 4.79 Å². The van der Waals surface area contributed by atoms with Crippen LogP contribution in [0.1, 0.15) is 58.8 Å². The number of carbonyl (C=O) groups is 1. The van der Waals surface area contributed by atoms with Crippen LogP contribution in [-0.2, 0) is 4.79 Å². The molecule has 13 heavy (non-hydrogen) atoms. The van der Waals surface area contributed by atoms with E-state index in [1.807, 2.05) is 0 Å². The minimum absolute atomic E-state index is 0.450. The van der Waals surface area contributed by atoms with Gasteiger partial charge >= 0.3 is 0 Å². The first-order valence-corrected chi connectivity index (χ1v) is 5.78. The van der Waals surface area contributed by atoms with Crippen molar-refractivity contribution in [3.63, 3.8) is 0 Å². The molecule has 2 atom stereocenters. The van der Waals surface area contributed by atoms with Crippen molar-refractivity contribution in [1.29, 1.82) is 0 Å². The lowest BCUT2D eigenvalue weighted by molar-refractivity contribution is -0.120. The molecule has 1 aliphatic rings. The van der Waals surface area contributed by atoms with E-state index in [1.54, 1.807) is 0 Å². The quantitative estimate of drug-likeness (QED) is 0.550. The van der Waals surface area contributed by atoms with Gasteiger partial charge in [-0.05, 0) is 18.8 Å². The third-order valence-electron chi connectivity index (χ3n) is 3.05. The third-order valence-corrected chi connectivity index (χ3v) is 3.05. The van der Waals surface area contributed by atoms with Crippen LogP contribution in [0, 0.1) is 11.8 Å². The lowest BCUT2D eigenvalue weighted by Gasteiger charge is -1.99. The van der Waals surface area contributed by atoms with E-state index in [4.69, 9.17) is 0 Å². The third kappa shape index (κ3) is 3.93. The van der Waals surface area contributed by atoms with Crippen LogP contribution in [0.5, 0.6) is 0 Å². The van der Waals surface area contributed by atoms with Crippen LogP contribution >= 0.6 is 0 Å². The lowest BCUT2D eigenvalue weighted by atomic mass is 10.1. The maximum Gasteiger partial charge on any atom is 0.136 e. The van der Waals surface area contributed by atoms with Gasteiger partial charge in [-0.1, -0.05) is 39.5 Å². The van der Waals surface area contributed by atoms with Crippen molar-refractivity contribution in [3.8, 4) is 0 Å². The van der Waals surface area contributed by atoms with Crippen molar-refractivity contribution in [2.75, 3.05) is 0 Å². The molecule has 1 saturated carbocycles. The summed E-state index contributed by atoms with van der Waals surface area (Å²) in [5.41, 5.74) is 0. The summed E-state index contributed by atoms with van der Waals surface area (Å²) in [5, 5.41) is 0. The van der Waals surface area contributed by atoms with E-state index in [0.29, 0.717) is 17.6 Å². The summed E-state index contributed by atoms with van der Waals surface area (Å²) in [7, 11) is 0. The largest absolute Gasteiger partial charge is 0.299 e. The smallest absolute Gasteiger partial charge is 0.136 e. The van der Waals surface area contributed by atoms with E-state index in [-0.39, 0.29) is 0 Å². The summed E-state index contributed by atoms with van der Waals surface area (Å²) in [5.74, 6) is 1.68. The number of rotatable bonds is 7. The number of hydrogen-bond acceptors (Lipinski definition) is 1. The first-order chi connectivity index (χ1) is 6.25. The molecular formula is C12H22O. The highest BCUT2D eigenvalue weighted by Crippen LogP contribution is 2.39. The van der Waals surface area contributed by atoms with E-state index >= 15 is 0 Å². The fourth-order valence-electron chi connectivity index (χ4n) is 1.86. The van der Waals surface area contributed by atoms with Gasteiger partial charge in [0.05, 0.1) is 0 Å².